The van der Waals surface area contributed by atoms with Gasteiger partial charge in [0.15, 0.2) is 5.78 Å². The van der Waals surface area contributed by atoms with Crippen molar-refractivity contribution < 1.29 is 35.1 Å². The fraction of sp³-hybridized carbons (Fsp3) is 0.300. The molecule has 0 spiro atoms. The first kappa shape index (κ1) is 17.5. The van der Waals surface area contributed by atoms with Gasteiger partial charge in [-0.15, -0.1) is 0 Å². The zero-order chi connectivity index (χ0) is 19.7. The second kappa shape index (κ2) is 5.55. The summed E-state index contributed by atoms with van der Waals surface area (Å²) >= 11 is 0. The number of aromatic hydroxyl groups is 3. The average Bonchev–Trinajstić information content (AvgIpc) is 2.64. The summed E-state index contributed by atoms with van der Waals surface area (Å²) in [6.07, 6.45) is -1.09. The van der Waals surface area contributed by atoms with Gasteiger partial charge in [0.05, 0.1) is 22.3 Å². The first-order valence-electron chi connectivity index (χ1n) is 8.65. The fourth-order valence-corrected chi connectivity index (χ4v) is 4.13. The lowest BCUT2D eigenvalue weighted by molar-refractivity contribution is -0.0921. The quantitative estimate of drug-likeness (QED) is 0.411. The Hall–Kier alpha value is -2.90. The molecule has 2 aliphatic rings. The van der Waals surface area contributed by atoms with Crippen molar-refractivity contribution in [2.75, 3.05) is 0 Å². The van der Waals surface area contributed by atoms with Gasteiger partial charge >= 0.3 is 0 Å². The van der Waals surface area contributed by atoms with Gasteiger partial charge in [0.25, 0.3) is 0 Å². The van der Waals surface area contributed by atoms with Crippen LogP contribution in [0.2, 0.25) is 0 Å². The van der Waals surface area contributed by atoms with Gasteiger partial charge in [-0.05, 0) is 25.3 Å². The van der Waals surface area contributed by atoms with Crippen LogP contribution in [-0.2, 0) is 6.42 Å². The summed E-state index contributed by atoms with van der Waals surface area (Å²) in [4.78, 5) is 25.8. The third-order valence-electron chi connectivity index (χ3n) is 5.76. The van der Waals surface area contributed by atoms with Gasteiger partial charge < -0.3 is 25.5 Å². The van der Waals surface area contributed by atoms with Crippen molar-refractivity contribution >= 4 is 11.6 Å². The van der Waals surface area contributed by atoms with E-state index in [9.17, 15) is 35.1 Å². The number of hydrogen-bond donors (Lipinski definition) is 5. The van der Waals surface area contributed by atoms with Crippen LogP contribution in [0.25, 0.3) is 0 Å². The monoisotopic (exact) mass is 370 g/mol. The molecule has 0 saturated carbocycles. The molecule has 27 heavy (non-hydrogen) atoms. The molecule has 0 aliphatic heterocycles. The predicted octanol–water partition coefficient (Wildman–Crippen LogP) is 1.70. The maximum absolute atomic E-state index is 12.9. The number of carbonyl (C=O) groups is 2. The van der Waals surface area contributed by atoms with Gasteiger partial charge in [0.2, 0.25) is 5.78 Å². The highest BCUT2D eigenvalue weighted by Crippen LogP contribution is 2.51. The summed E-state index contributed by atoms with van der Waals surface area (Å²) in [5, 5.41) is 52.7. The minimum Gasteiger partial charge on any atom is -0.507 e. The standard InChI is InChI=1S/C20H18O7/c1-2-20(27)7-6-9-12(19(20)26)18(25)14-13(16(9)23)17(24)11-8(15(14)22)4-3-5-10(11)21/h3-5,19,21,23,25-27H,2,6-7H2,1H3/t19-,20-/m1/s1. The highest BCUT2D eigenvalue weighted by molar-refractivity contribution is 6.31. The first-order valence-corrected chi connectivity index (χ1v) is 8.65. The Balaban J connectivity index is 2.05. The van der Waals surface area contributed by atoms with E-state index in [4.69, 9.17) is 0 Å². The van der Waals surface area contributed by atoms with Crippen molar-refractivity contribution in [1.82, 2.24) is 0 Å². The third-order valence-corrected chi connectivity index (χ3v) is 5.76. The van der Waals surface area contributed by atoms with Crippen LogP contribution >= 0.6 is 0 Å². The molecule has 0 aromatic heterocycles. The summed E-state index contributed by atoms with van der Waals surface area (Å²) in [7, 11) is 0. The number of rotatable bonds is 1. The van der Waals surface area contributed by atoms with Crippen molar-refractivity contribution in [2.45, 2.75) is 37.9 Å². The average molecular weight is 370 g/mol. The zero-order valence-corrected chi connectivity index (χ0v) is 14.5. The maximum atomic E-state index is 12.9. The Bertz CT molecular complexity index is 1020. The number of phenolic OH excluding ortho intramolecular Hbond substituents is 3. The molecule has 7 heteroatoms. The predicted molar refractivity (Wildman–Crippen MR) is 93.3 cm³/mol. The lowest BCUT2D eigenvalue weighted by Crippen LogP contribution is -2.40. The van der Waals surface area contributed by atoms with E-state index in [1.807, 2.05) is 0 Å². The molecule has 140 valence electrons. The Morgan fingerprint density at radius 1 is 1.04 bits per heavy atom. The number of aliphatic hydroxyl groups is 2. The summed E-state index contributed by atoms with van der Waals surface area (Å²) in [5.41, 5.74) is -2.66. The van der Waals surface area contributed by atoms with Crippen LogP contribution in [0, 0.1) is 0 Å². The number of phenols is 3. The van der Waals surface area contributed by atoms with Crippen LogP contribution in [0.5, 0.6) is 17.2 Å². The summed E-state index contributed by atoms with van der Waals surface area (Å²) in [5.74, 6) is -3.05. The highest BCUT2D eigenvalue weighted by Gasteiger charge is 2.46. The molecule has 7 nitrogen and oxygen atoms in total. The van der Waals surface area contributed by atoms with Crippen LogP contribution in [0.4, 0.5) is 0 Å². The molecule has 0 amide bonds. The molecule has 2 aliphatic carbocycles. The van der Waals surface area contributed by atoms with Crippen molar-refractivity contribution in [1.29, 1.82) is 0 Å². The molecule has 0 fully saturated rings. The van der Waals surface area contributed by atoms with Gasteiger partial charge in [0, 0.05) is 16.7 Å². The summed E-state index contributed by atoms with van der Waals surface area (Å²) in [6.45, 7) is 1.68. The van der Waals surface area contributed by atoms with Crippen LogP contribution < -0.4 is 0 Å². The largest absolute Gasteiger partial charge is 0.507 e. The van der Waals surface area contributed by atoms with E-state index in [1.54, 1.807) is 6.92 Å². The van der Waals surface area contributed by atoms with Crippen LogP contribution in [0.1, 0.15) is 68.8 Å². The molecule has 0 unspecified atom stereocenters. The van der Waals surface area contributed by atoms with E-state index >= 15 is 0 Å². The number of carbonyl (C=O) groups excluding carboxylic acids is 2. The van der Waals surface area contributed by atoms with Crippen LogP contribution in [0.15, 0.2) is 18.2 Å². The van der Waals surface area contributed by atoms with E-state index < -0.39 is 46.1 Å². The van der Waals surface area contributed by atoms with Gasteiger partial charge in [-0.25, -0.2) is 0 Å². The molecule has 0 heterocycles. The second-order valence-corrected chi connectivity index (χ2v) is 7.06. The van der Waals surface area contributed by atoms with Crippen molar-refractivity contribution in [3.8, 4) is 17.2 Å². The van der Waals surface area contributed by atoms with E-state index in [1.165, 1.54) is 18.2 Å². The molecule has 0 radical (unpaired) electrons. The topological polar surface area (TPSA) is 135 Å². The molecule has 5 N–H and O–H groups in total. The lowest BCUT2D eigenvalue weighted by Gasteiger charge is -2.39. The second-order valence-electron chi connectivity index (χ2n) is 7.06. The van der Waals surface area contributed by atoms with Crippen molar-refractivity contribution in [3.63, 3.8) is 0 Å². The fourth-order valence-electron chi connectivity index (χ4n) is 4.13. The summed E-state index contributed by atoms with van der Waals surface area (Å²) < 4.78 is 0. The maximum Gasteiger partial charge on any atom is 0.202 e. The van der Waals surface area contributed by atoms with Gasteiger partial charge in [-0.2, -0.15) is 0 Å². The molecular formula is C20H18O7. The normalized spacial score (nSPS) is 23.6. The Kier molecular flexibility index (Phi) is 3.60. The molecule has 2 atom stereocenters. The first-order chi connectivity index (χ1) is 12.7. The Morgan fingerprint density at radius 3 is 2.37 bits per heavy atom. The smallest absolute Gasteiger partial charge is 0.202 e. The van der Waals surface area contributed by atoms with Gasteiger partial charge in [-0.1, -0.05) is 19.1 Å². The highest BCUT2D eigenvalue weighted by atomic mass is 16.3. The van der Waals surface area contributed by atoms with E-state index in [2.05, 4.69) is 0 Å². The summed E-state index contributed by atoms with van der Waals surface area (Å²) in [6, 6.07) is 3.99. The minimum absolute atomic E-state index is 0.0989. The SMILES string of the molecule is CC[C@@]1(O)CCc2c(O)c3c(c(O)c2[C@H]1O)C(=O)c1cccc(O)c1C3=O. The number of hydrogen-bond acceptors (Lipinski definition) is 7. The molecule has 2 aromatic rings. The van der Waals surface area contributed by atoms with E-state index in [0.29, 0.717) is 0 Å². The van der Waals surface area contributed by atoms with Crippen molar-refractivity contribution in [2.24, 2.45) is 0 Å². The molecular weight excluding hydrogens is 352 g/mol. The van der Waals surface area contributed by atoms with Crippen LogP contribution in [0.3, 0.4) is 0 Å². The number of aliphatic hydroxyl groups excluding tert-OH is 1. The Labute approximate surface area is 154 Å². The third kappa shape index (κ3) is 2.09. The van der Waals surface area contributed by atoms with Gasteiger partial charge in [-0.3, -0.25) is 9.59 Å². The molecule has 4 rings (SSSR count). The van der Waals surface area contributed by atoms with Gasteiger partial charge in [0.1, 0.15) is 23.4 Å². The number of ketones is 2. The lowest BCUT2D eigenvalue weighted by atomic mass is 9.72. The minimum atomic E-state index is -1.52. The number of benzene rings is 2. The van der Waals surface area contributed by atoms with Crippen molar-refractivity contribution in [3.05, 3.63) is 51.6 Å². The van der Waals surface area contributed by atoms with E-state index in [0.717, 1.165) is 0 Å². The van der Waals surface area contributed by atoms with E-state index in [-0.39, 0.29) is 47.1 Å². The molecule has 0 bridgehead atoms. The molecule has 2 aromatic carbocycles. The Morgan fingerprint density at radius 2 is 1.70 bits per heavy atom. The van der Waals surface area contributed by atoms with Crippen LogP contribution in [-0.4, -0.2) is 42.7 Å². The zero-order valence-electron chi connectivity index (χ0n) is 14.5. The number of fused-ring (bicyclic) bond motifs is 3. The molecule has 0 saturated heterocycles.